The van der Waals surface area contributed by atoms with Crippen molar-refractivity contribution in [3.05, 3.63) is 65.2 Å². The summed E-state index contributed by atoms with van der Waals surface area (Å²) in [7, 11) is 0. The predicted octanol–water partition coefficient (Wildman–Crippen LogP) is 4.23. The number of hydrogen-bond acceptors (Lipinski definition) is 4. The molecule has 2 N–H and O–H groups in total. The maximum Gasteiger partial charge on any atom is 0.230 e. The quantitative estimate of drug-likeness (QED) is 0.688. The molecular formula is C19H15F2N3O2S. The van der Waals surface area contributed by atoms with Gasteiger partial charge in [0.25, 0.3) is 0 Å². The van der Waals surface area contributed by atoms with E-state index < -0.39 is 11.7 Å². The summed E-state index contributed by atoms with van der Waals surface area (Å²) in [5, 5.41) is 7.34. The highest BCUT2D eigenvalue weighted by atomic mass is 32.1. The molecular weight excluding hydrogens is 372 g/mol. The van der Waals surface area contributed by atoms with Gasteiger partial charge in [0.05, 0.1) is 17.8 Å². The molecule has 0 aliphatic rings. The Morgan fingerprint density at radius 2 is 1.93 bits per heavy atom. The lowest BCUT2D eigenvalue weighted by Gasteiger charge is -2.08. The van der Waals surface area contributed by atoms with Gasteiger partial charge in [-0.3, -0.25) is 9.59 Å². The van der Waals surface area contributed by atoms with E-state index in [9.17, 15) is 18.4 Å². The molecule has 8 heteroatoms. The van der Waals surface area contributed by atoms with E-state index in [2.05, 4.69) is 15.6 Å². The zero-order valence-electron chi connectivity index (χ0n) is 14.3. The van der Waals surface area contributed by atoms with Crippen LogP contribution in [0.25, 0.3) is 10.6 Å². The van der Waals surface area contributed by atoms with Gasteiger partial charge in [-0.15, -0.1) is 11.3 Å². The van der Waals surface area contributed by atoms with Crippen LogP contribution in [0.4, 0.5) is 20.2 Å². The van der Waals surface area contributed by atoms with Crippen LogP contribution in [0.15, 0.2) is 47.8 Å². The molecule has 0 unspecified atom stereocenters. The molecule has 2 aromatic carbocycles. The van der Waals surface area contributed by atoms with Crippen LogP contribution in [0.5, 0.6) is 0 Å². The van der Waals surface area contributed by atoms with Gasteiger partial charge < -0.3 is 10.6 Å². The Morgan fingerprint density at radius 3 is 2.67 bits per heavy atom. The highest BCUT2D eigenvalue weighted by molar-refractivity contribution is 7.13. The average Bonchev–Trinajstić information content (AvgIpc) is 3.06. The second-order valence-corrected chi connectivity index (χ2v) is 6.61. The Balaban J connectivity index is 1.67. The van der Waals surface area contributed by atoms with E-state index in [0.717, 1.165) is 6.07 Å². The minimum absolute atomic E-state index is 0.0117. The van der Waals surface area contributed by atoms with Crippen LogP contribution < -0.4 is 10.6 Å². The van der Waals surface area contributed by atoms with Gasteiger partial charge in [0.15, 0.2) is 0 Å². The van der Waals surface area contributed by atoms with Crippen LogP contribution in [0, 0.1) is 11.6 Å². The Hall–Kier alpha value is -3.13. The van der Waals surface area contributed by atoms with Crippen molar-refractivity contribution in [3.8, 4) is 10.6 Å². The average molecular weight is 387 g/mol. The summed E-state index contributed by atoms with van der Waals surface area (Å²) in [6.07, 6.45) is 0.0126. The van der Waals surface area contributed by atoms with Crippen LogP contribution in [-0.2, 0) is 16.0 Å². The van der Waals surface area contributed by atoms with Crippen molar-refractivity contribution in [1.82, 2.24) is 4.98 Å². The maximum atomic E-state index is 13.6. The zero-order valence-corrected chi connectivity index (χ0v) is 15.1. The fourth-order valence-electron chi connectivity index (χ4n) is 2.40. The number of anilines is 2. The van der Waals surface area contributed by atoms with Crippen molar-refractivity contribution in [2.75, 3.05) is 10.6 Å². The van der Waals surface area contributed by atoms with E-state index in [1.165, 1.54) is 42.5 Å². The van der Waals surface area contributed by atoms with Crippen molar-refractivity contribution in [1.29, 1.82) is 0 Å². The van der Waals surface area contributed by atoms with E-state index in [-0.39, 0.29) is 23.8 Å². The number of nitrogens with zero attached hydrogens (tertiary/aromatic N) is 1. The van der Waals surface area contributed by atoms with Gasteiger partial charge in [-0.1, -0.05) is 12.1 Å². The number of hydrogen-bond donors (Lipinski definition) is 2. The molecule has 138 valence electrons. The smallest absolute Gasteiger partial charge is 0.230 e. The van der Waals surface area contributed by atoms with Crippen molar-refractivity contribution < 1.29 is 18.4 Å². The summed E-state index contributed by atoms with van der Waals surface area (Å²) < 4.78 is 27.0. The Morgan fingerprint density at radius 1 is 1.11 bits per heavy atom. The lowest BCUT2D eigenvalue weighted by molar-refractivity contribution is -0.116. The zero-order chi connectivity index (χ0) is 19.4. The van der Waals surface area contributed by atoms with Crippen molar-refractivity contribution >= 4 is 34.5 Å². The fraction of sp³-hybridized carbons (Fsp3) is 0.105. The Bertz CT molecular complexity index is 1000. The highest BCUT2D eigenvalue weighted by Gasteiger charge is 2.11. The van der Waals surface area contributed by atoms with Crippen LogP contribution in [-0.4, -0.2) is 16.8 Å². The third-order valence-corrected chi connectivity index (χ3v) is 4.47. The van der Waals surface area contributed by atoms with E-state index in [0.29, 0.717) is 22.0 Å². The monoisotopic (exact) mass is 387 g/mol. The van der Waals surface area contributed by atoms with Crippen LogP contribution >= 0.6 is 11.3 Å². The van der Waals surface area contributed by atoms with Gasteiger partial charge in [-0.2, -0.15) is 0 Å². The molecule has 0 saturated heterocycles. The van der Waals surface area contributed by atoms with Gasteiger partial charge in [-0.05, 0) is 30.3 Å². The summed E-state index contributed by atoms with van der Waals surface area (Å²) >= 11 is 1.32. The van der Waals surface area contributed by atoms with Gasteiger partial charge in [0.2, 0.25) is 11.8 Å². The summed E-state index contributed by atoms with van der Waals surface area (Å²) in [4.78, 5) is 27.6. The molecule has 3 rings (SSSR count). The number of thiazole rings is 1. The van der Waals surface area contributed by atoms with Gasteiger partial charge in [0.1, 0.15) is 16.6 Å². The molecule has 0 fully saturated rings. The first-order chi connectivity index (χ1) is 12.9. The summed E-state index contributed by atoms with van der Waals surface area (Å²) in [6, 6.07) is 9.97. The molecule has 0 bridgehead atoms. The molecule has 2 amide bonds. The van der Waals surface area contributed by atoms with Crippen molar-refractivity contribution in [2.45, 2.75) is 13.3 Å². The summed E-state index contributed by atoms with van der Waals surface area (Å²) in [5.74, 6) is -1.70. The molecule has 0 saturated carbocycles. The second-order valence-electron chi connectivity index (χ2n) is 5.76. The summed E-state index contributed by atoms with van der Waals surface area (Å²) in [6.45, 7) is 1.27. The third-order valence-electron chi connectivity index (χ3n) is 3.53. The SMILES string of the molecule is CC(=O)Nc1cc(NC(=O)Cc2csc(-c3cccc(F)c3)n2)ccc1F. The van der Waals surface area contributed by atoms with E-state index in [1.54, 1.807) is 17.5 Å². The lowest BCUT2D eigenvalue weighted by Crippen LogP contribution is -2.15. The molecule has 5 nitrogen and oxygen atoms in total. The lowest BCUT2D eigenvalue weighted by atomic mass is 10.2. The number of benzene rings is 2. The topological polar surface area (TPSA) is 71.1 Å². The maximum absolute atomic E-state index is 13.6. The number of halogens is 2. The number of rotatable bonds is 5. The Kier molecular flexibility index (Phi) is 5.56. The number of aromatic nitrogens is 1. The minimum Gasteiger partial charge on any atom is -0.326 e. The fourth-order valence-corrected chi connectivity index (χ4v) is 3.22. The van der Waals surface area contributed by atoms with E-state index in [1.807, 2.05) is 0 Å². The molecule has 1 heterocycles. The molecule has 0 radical (unpaired) electrons. The number of nitrogens with one attached hydrogen (secondary N) is 2. The standard InChI is InChI=1S/C19H15F2N3O2S/c1-11(25)22-17-8-14(5-6-16(17)21)23-18(26)9-15-10-27-19(24-15)12-3-2-4-13(20)7-12/h2-8,10H,9H2,1H3,(H,22,25)(H,23,26). The van der Waals surface area contributed by atoms with Crippen LogP contribution in [0.1, 0.15) is 12.6 Å². The van der Waals surface area contributed by atoms with Gasteiger partial charge in [-0.25, -0.2) is 13.8 Å². The largest absolute Gasteiger partial charge is 0.326 e. The number of carbonyl (C=O) groups is 2. The second kappa shape index (κ2) is 8.05. The Labute approximate surface area is 158 Å². The summed E-state index contributed by atoms with van der Waals surface area (Å²) in [5.41, 5.74) is 1.53. The molecule has 0 atom stereocenters. The molecule has 3 aromatic rings. The molecule has 0 aliphatic heterocycles. The van der Waals surface area contributed by atoms with Crippen LogP contribution in [0.3, 0.4) is 0 Å². The van der Waals surface area contributed by atoms with Gasteiger partial charge in [0, 0.05) is 23.6 Å². The molecule has 0 aliphatic carbocycles. The van der Waals surface area contributed by atoms with E-state index >= 15 is 0 Å². The van der Waals surface area contributed by atoms with Crippen LogP contribution in [0.2, 0.25) is 0 Å². The predicted molar refractivity (Wildman–Crippen MR) is 101 cm³/mol. The van der Waals surface area contributed by atoms with E-state index in [4.69, 9.17) is 0 Å². The van der Waals surface area contributed by atoms with Crippen molar-refractivity contribution in [2.24, 2.45) is 0 Å². The first-order valence-electron chi connectivity index (χ1n) is 7.98. The number of amides is 2. The first-order valence-corrected chi connectivity index (χ1v) is 8.86. The molecule has 1 aromatic heterocycles. The molecule has 0 spiro atoms. The molecule has 27 heavy (non-hydrogen) atoms. The third kappa shape index (κ3) is 4.95. The van der Waals surface area contributed by atoms with Crippen molar-refractivity contribution in [3.63, 3.8) is 0 Å². The first kappa shape index (κ1) is 18.7. The van der Waals surface area contributed by atoms with Gasteiger partial charge >= 0.3 is 0 Å². The highest BCUT2D eigenvalue weighted by Crippen LogP contribution is 2.25. The number of carbonyl (C=O) groups excluding carboxylic acids is 2. The minimum atomic E-state index is -0.595. The normalized spacial score (nSPS) is 10.5.